The number of fused-ring (bicyclic) bond motifs is 1. The van der Waals surface area contributed by atoms with Gasteiger partial charge in [0.25, 0.3) is 11.8 Å². The number of nitrogens with one attached hydrogen (secondary N) is 1. The predicted octanol–water partition coefficient (Wildman–Crippen LogP) is -1.47. The van der Waals surface area contributed by atoms with Crippen LogP contribution in [0.2, 0.25) is 0 Å². The Morgan fingerprint density at radius 3 is 2.85 bits per heavy atom. The van der Waals surface area contributed by atoms with Crippen molar-refractivity contribution in [3.8, 4) is 0 Å². The van der Waals surface area contributed by atoms with Crippen molar-refractivity contribution >= 4 is 74.8 Å². The molecule has 2 aliphatic heterocycles. The van der Waals surface area contributed by atoms with Crippen molar-refractivity contribution in [2.45, 2.75) is 11.4 Å². The molecule has 0 spiro atoms. The number of hydrogen-bond acceptors (Lipinski definition) is 9. The van der Waals surface area contributed by atoms with Crippen molar-refractivity contribution in [1.82, 2.24) is 15.2 Å². The van der Waals surface area contributed by atoms with E-state index >= 15 is 0 Å². The lowest BCUT2D eigenvalue weighted by atomic mass is 10.1. The van der Waals surface area contributed by atoms with Crippen LogP contribution in [0.1, 0.15) is 5.69 Å². The van der Waals surface area contributed by atoms with Gasteiger partial charge in [0.2, 0.25) is 0 Å². The summed E-state index contributed by atoms with van der Waals surface area (Å²) >= 11 is 2.41. The molecule has 2 amide bonds. The summed E-state index contributed by atoms with van der Waals surface area (Å²) in [7, 11) is 1.29. The summed E-state index contributed by atoms with van der Waals surface area (Å²) in [4.78, 5) is 45.6. The molecule has 13 heteroatoms. The number of oxime groups is 1. The Kier molecular flexibility index (Phi) is 6.49. The van der Waals surface area contributed by atoms with Crippen LogP contribution in [0.5, 0.6) is 0 Å². The third-order valence-electron chi connectivity index (χ3n) is 3.51. The fourth-order valence-electron chi connectivity index (χ4n) is 2.33. The Hall–Kier alpha value is -1.83. The Bertz CT molecular complexity index is 811. The molecular formula is C13H15MgN5O5S2. The standard InChI is InChI=1S/C13H13N5O5S2.Mg.2H/c1-23-17-7(6-4-25-13(14)15-6)9(19)16-8-10(20)18-2-5(12(21)22)3-24-11(8)18;;;/h2,4,8,11H,3H2,1H3,(H2,14,15)(H,16,19)(H,21,22);;;/t8?,11-;;;/m1.../s1. The third-order valence-corrected chi connectivity index (χ3v) is 5.50. The first-order valence-corrected chi connectivity index (χ1v) is 8.86. The number of carboxylic acids is 1. The maximum absolute atomic E-state index is 12.5. The lowest BCUT2D eigenvalue weighted by Crippen LogP contribution is -2.69. The van der Waals surface area contributed by atoms with Crippen LogP contribution in [0.15, 0.2) is 22.3 Å². The second kappa shape index (κ2) is 8.24. The number of amides is 2. The molecule has 10 nitrogen and oxygen atoms in total. The second-order valence-electron chi connectivity index (χ2n) is 5.05. The lowest BCUT2D eigenvalue weighted by molar-refractivity contribution is -0.144. The highest BCUT2D eigenvalue weighted by Crippen LogP contribution is 2.36. The summed E-state index contributed by atoms with van der Waals surface area (Å²) in [6, 6.07) is -0.776. The van der Waals surface area contributed by atoms with Gasteiger partial charge < -0.3 is 25.9 Å². The van der Waals surface area contributed by atoms with Gasteiger partial charge in [-0.05, 0) is 0 Å². The van der Waals surface area contributed by atoms with E-state index in [2.05, 4.69) is 20.3 Å². The van der Waals surface area contributed by atoms with Gasteiger partial charge in [-0.1, -0.05) is 5.16 Å². The molecule has 0 saturated carbocycles. The smallest absolute Gasteiger partial charge is 0.333 e. The van der Waals surface area contributed by atoms with E-state index in [4.69, 9.17) is 10.8 Å². The van der Waals surface area contributed by atoms with Gasteiger partial charge in [-0.25, -0.2) is 9.78 Å². The van der Waals surface area contributed by atoms with E-state index in [-0.39, 0.29) is 62.2 Å². The number of carbonyl (C=O) groups is 3. The normalized spacial score (nSPS) is 21.7. The van der Waals surface area contributed by atoms with Crippen molar-refractivity contribution in [1.29, 1.82) is 0 Å². The predicted molar refractivity (Wildman–Crippen MR) is 99.4 cm³/mol. The molecule has 26 heavy (non-hydrogen) atoms. The molecule has 1 aromatic rings. The molecule has 0 radical (unpaired) electrons. The lowest BCUT2D eigenvalue weighted by Gasteiger charge is -2.46. The van der Waals surface area contributed by atoms with E-state index in [1.165, 1.54) is 30.0 Å². The highest BCUT2D eigenvalue weighted by Gasteiger charge is 2.50. The van der Waals surface area contributed by atoms with Gasteiger partial charge >= 0.3 is 29.0 Å². The number of rotatable bonds is 5. The van der Waals surface area contributed by atoms with Crippen molar-refractivity contribution in [3.05, 3.63) is 22.8 Å². The summed E-state index contributed by atoms with van der Waals surface area (Å²) in [5.41, 5.74) is 5.85. The first-order valence-electron chi connectivity index (χ1n) is 6.93. The maximum atomic E-state index is 12.5. The minimum atomic E-state index is -1.07. The van der Waals surface area contributed by atoms with Gasteiger partial charge in [0.05, 0.1) is 5.57 Å². The van der Waals surface area contributed by atoms with Crippen LogP contribution in [0.25, 0.3) is 0 Å². The van der Waals surface area contributed by atoms with Crippen molar-refractivity contribution < 1.29 is 24.3 Å². The number of carboxylic acid groups (broad SMARTS) is 1. The number of nitrogen functional groups attached to an aromatic ring is 1. The molecule has 1 fully saturated rings. The van der Waals surface area contributed by atoms with Crippen LogP contribution in [0, 0.1) is 0 Å². The van der Waals surface area contributed by atoms with Crippen LogP contribution in [-0.4, -0.2) is 85.8 Å². The molecule has 0 aliphatic carbocycles. The monoisotopic (exact) mass is 409 g/mol. The van der Waals surface area contributed by atoms with E-state index in [0.717, 1.165) is 11.3 Å². The zero-order valence-electron chi connectivity index (χ0n) is 12.8. The summed E-state index contributed by atoms with van der Waals surface area (Å²) < 4.78 is 0. The Morgan fingerprint density at radius 1 is 1.54 bits per heavy atom. The number of carbonyl (C=O) groups excluding carboxylic acids is 2. The molecule has 2 atom stereocenters. The zero-order chi connectivity index (χ0) is 18.1. The SMILES string of the molecule is CON=C(C(=O)NC1C(=O)N2C=C(C(=O)O)CS[C@H]12)c1csc(N)n1.[MgH2]. The molecule has 3 heterocycles. The van der Waals surface area contributed by atoms with E-state index in [1.54, 1.807) is 5.38 Å². The second-order valence-corrected chi connectivity index (χ2v) is 7.05. The topological polar surface area (TPSA) is 147 Å². The number of hydrogen-bond donors (Lipinski definition) is 3. The maximum Gasteiger partial charge on any atom is 0.333 e. The van der Waals surface area contributed by atoms with Crippen LogP contribution in [0.4, 0.5) is 5.13 Å². The van der Waals surface area contributed by atoms with E-state index in [9.17, 15) is 14.4 Å². The molecule has 2 aliphatic rings. The fourth-order valence-corrected chi connectivity index (χ4v) is 4.13. The largest absolute Gasteiger partial charge is 0.478 e. The fraction of sp³-hybridized carbons (Fsp3) is 0.308. The van der Waals surface area contributed by atoms with Gasteiger partial charge in [0, 0.05) is 17.3 Å². The van der Waals surface area contributed by atoms with E-state index in [0.29, 0.717) is 0 Å². The molecule has 1 saturated heterocycles. The molecular weight excluding hydrogens is 395 g/mol. The number of nitrogens with zero attached hydrogens (tertiary/aromatic N) is 3. The number of thioether (sulfide) groups is 1. The average molecular weight is 410 g/mol. The summed E-state index contributed by atoms with van der Waals surface area (Å²) in [6.07, 6.45) is 1.31. The number of thiazole rings is 1. The van der Waals surface area contributed by atoms with Crippen molar-refractivity contribution in [2.75, 3.05) is 18.6 Å². The van der Waals surface area contributed by atoms with Crippen molar-refractivity contribution in [2.24, 2.45) is 5.16 Å². The Labute approximate surface area is 172 Å². The number of β-lactam (4-membered cyclic amide) rings is 1. The van der Waals surface area contributed by atoms with Crippen LogP contribution in [0.3, 0.4) is 0 Å². The number of aliphatic carboxylic acids is 1. The van der Waals surface area contributed by atoms with Gasteiger partial charge in [-0.15, -0.1) is 23.1 Å². The third kappa shape index (κ3) is 3.79. The van der Waals surface area contributed by atoms with Crippen LogP contribution < -0.4 is 11.1 Å². The van der Waals surface area contributed by atoms with Gasteiger partial charge in [0.1, 0.15) is 24.2 Å². The Balaban J connectivity index is 0.00000243. The molecule has 4 N–H and O–H groups in total. The molecule has 136 valence electrons. The minimum Gasteiger partial charge on any atom is -0.478 e. The Morgan fingerprint density at radius 2 is 2.27 bits per heavy atom. The first kappa shape index (κ1) is 20.5. The summed E-state index contributed by atoms with van der Waals surface area (Å²) in [5, 5.41) is 16.7. The van der Waals surface area contributed by atoms with E-state index in [1.807, 2.05) is 0 Å². The average Bonchev–Trinajstić information content (AvgIpc) is 3.02. The van der Waals surface area contributed by atoms with Gasteiger partial charge in [-0.2, -0.15) is 0 Å². The molecule has 0 aromatic carbocycles. The number of aromatic nitrogens is 1. The van der Waals surface area contributed by atoms with Crippen molar-refractivity contribution in [3.63, 3.8) is 0 Å². The summed E-state index contributed by atoms with van der Waals surface area (Å²) in [6.45, 7) is 0. The van der Waals surface area contributed by atoms with Gasteiger partial charge in [0.15, 0.2) is 10.8 Å². The molecule has 0 bridgehead atoms. The minimum absolute atomic E-state index is 0. The quantitative estimate of drug-likeness (QED) is 0.231. The number of nitrogens with two attached hydrogens (primary N) is 1. The molecule has 1 unspecified atom stereocenters. The zero-order valence-corrected chi connectivity index (χ0v) is 14.5. The first-order chi connectivity index (χ1) is 11.9. The van der Waals surface area contributed by atoms with Gasteiger partial charge in [-0.3, -0.25) is 9.59 Å². The van der Waals surface area contributed by atoms with Crippen LogP contribution in [-0.2, 0) is 19.2 Å². The highest BCUT2D eigenvalue weighted by atomic mass is 32.2. The summed E-state index contributed by atoms with van der Waals surface area (Å²) in [5.74, 6) is -1.84. The van der Waals surface area contributed by atoms with Crippen LogP contribution >= 0.6 is 23.1 Å². The highest BCUT2D eigenvalue weighted by molar-refractivity contribution is 8.00. The molecule has 1 aromatic heterocycles. The molecule has 3 rings (SSSR count). The van der Waals surface area contributed by atoms with E-state index < -0.39 is 17.9 Å². The number of anilines is 1.